The summed E-state index contributed by atoms with van der Waals surface area (Å²) in [4.78, 5) is 2.96. The molecule has 1 aromatic carbocycles. The summed E-state index contributed by atoms with van der Waals surface area (Å²) >= 11 is 0. The molecule has 0 N–H and O–H groups in total. The van der Waals surface area contributed by atoms with Gasteiger partial charge in [-0.2, -0.15) is 0 Å². The molecule has 0 heterocycles. The highest BCUT2D eigenvalue weighted by atomic mass is 15.1. The lowest BCUT2D eigenvalue weighted by molar-refractivity contribution is 0.385. The Balaban J connectivity index is 2.21. The van der Waals surface area contributed by atoms with Gasteiger partial charge in [-0.3, -0.25) is 0 Å². The smallest absolute Gasteiger partial charge is 0.0442 e. The van der Waals surface area contributed by atoms with Gasteiger partial charge in [0.2, 0.25) is 0 Å². The molecule has 3 nitrogen and oxygen atoms in total. The van der Waals surface area contributed by atoms with E-state index in [-0.39, 0.29) is 6.04 Å². The lowest BCUT2D eigenvalue weighted by atomic mass is 9.80. The molecule has 0 aromatic heterocycles. The predicted molar refractivity (Wildman–Crippen MR) is 60.6 cm³/mol. The molecule has 1 aliphatic carbocycles. The maximum absolute atomic E-state index is 8.54. The first kappa shape index (κ1) is 10.1. The maximum Gasteiger partial charge on any atom is 0.0442 e. The summed E-state index contributed by atoms with van der Waals surface area (Å²) in [6.45, 7) is 0. The molecule has 0 spiro atoms. The molecule has 15 heavy (non-hydrogen) atoms. The molecule has 0 radical (unpaired) electrons. The van der Waals surface area contributed by atoms with E-state index in [0.29, 0.717) is 5.92 Å². The van der Waals surface area contributed by atoms with Crippen molar-refractivity contribution in [3.05, 3.63) is 46.3 Å². The van der Waals surface area contributed by atoms with Crippen LogP contribution in [0.1, 0.15) is 37.2 Å². The van der Waals surface area contributed by atoms with Crippen LogP contribution in [0.3, 0.4) is 0 Å². The number of rotatable bonds is 2. The first-order chi connectivity index (χ1) is 7.42. The molecule has 0 saturated heterocycles. The van der Waals surface area contributed by atoms with Crippen molar-refractivity contribution in [1.82, 2.24) is 0 Å². The van der Waals surface area contributed by atoms with Crippen molar-refractivity contribution in [2.75, 3.05) is 0 Å². The summed E-state index contributed by atoms with van der Waals surface area (Å²) in [5.74, 6) is 0.427. The van der Waals surface area contributed by atoms with Crippen LogP contribution < -0.4 is 0 Å². The van der Waals surface area contributed by atoms with Crippen molar-refractivity contribution >= 4 is 0 Å². The first-order valence-corrected chi connectivity index (χ1v) is 5.51. The van der Waals surface area contributed by atoms with Gasteiger partial charge in [-0.25, -0.2) is 0 Å². The number of benzene rings is 1. The van der Waals surface area contributed by atoms with E-state index in [1.807, 2.05) is 6.07 Å². The summed E-state index contributed by atoms with van der Waals surface area (Å²) in [6, 6.07) is 10.6. The Morgan fingerprint density at radius 3 is 2.60 bits per heavy atom. The zero-order chi connectivity index (χ0) is 10.5. The summed E-state index contributed by atoms with van der Waals surface area (Å²) in [5.41, 5.74) is 9.86. The summed E-state index contributed by atoms with van der Waals surface area (Å²) < 4.78 is 0. The molecule has 78 valence electrons. The second-order valence-corrected chi connectivity index (χ2v) is 4.07. The van der Waals surface area contributed by atoms with E-state index in [4.69, 9.17) is 5.53 Å². The zero-order valence-corrected chi connectivity index (χ0v) is 8.71. The van der Waals surface area contributed by atoms with Gasteiger partial charge in [0.25, 0.3) is 0 Å². The Kier molecular flexibility index (Phi) is 3.25. The highest BCUT2D eigenvalue weighted by Crippen LogP contribution is 2.34. The van der Waals surface area contributed by atoms with Crippen LogP contribution in [-0.4, -0.2) is 6.04 Å². The van der Waals surface area contributed by atoms with E-state index < -0.39 is 0 Å². The highest BCUT2D eigenvalue weighted by molar-refractivity contribution is 5.22. The Morgan fingerprint density at radius 1 is 1.13 bits per heavy atom. The summed E-state index contributed by atoms with van der Waals surface area (Å²) in [7, 11) is 0. The molecule has 1 fully saturated rings. The monoisotopic (exact) mass is 201 g/mol. The Labute approximate surface area is 89.7 Å². The van der Waals surface area contributed by atoms with Gasteiger partial charge < -0.3 is 0 Å². The van der Waals surface area contributed by atoms with Crippen molar-refractivity contribution in [3.8, 4) is 0 Å². The van der Waals surface area contributed by atoms with E-state index in [0.717, 1.165) is 12.8 Å². The molecule has 1 aromatic rings. The van der Waals surface area contributed by atoms with Crippen LogP contribution in [0.15, 0.2) is 35.4 Å². The zero-order valence-electron chi connectivity index (χ0n) is 8.71. The van der Waals surface area contributed by atoms with Gasteiger partial charge in [-0.05, 0) is 29.9 Å². The molecular formula is C12H15N3. The van der Waals surface area contributed by atoms with Crippen molar-refractivity contribution < 1.29 is 0 Å². The lowest BCUT2D eigenvalue weighted by Crippen LogP contribution is -2.20. The number of hydrogen-bond donors (Lipinski definition) is 0. The fraction of sp³-hybridized carbons (Fsp3) is 0.500. The molecule has 0 aliphatic heterocycles. The molecular weight excluding hydrogens is 186 g/mol. The molecule has 0 bridgehead atoms. The fourth-order valence-corrected chi connectivity index (χ4v) is 2.40. The van der Waals surface area contributed by atoms with Gasteiger partial charge in [-0.15, -0.1) is 0 Å². The van der Waals surface area contributed by atoms with Crippen LogP contribution in [0.25, 0.3) is 10.4 Å². The van der Waals surface area contributed by atoms with Gasteiger partial charge in [0.05, 0.1) is 0 Å². The standard InChI is InChI=1S/C12H15N3/c13-15-14-12-9-5-4-8-11(12)10-6-2-1-3-7-10/h1-3,6-7,11-12H,4-5,8-9H2. The SMILES string of the molecule is [N-]=[N+]=NC1CCCCC1c1ccccc1. The highest BCUT2D eigenvalue weighted by Gasteiger charge is 2.25. The minimum absolute atomic E-state index is 0.158. The van der Waals surface area contributed by atoms with Gasteiger partial charge in [-0.1, -0.05) is 48.3 Å². The summed E-state index contributed by atoms with van der Waals surface area (Å²) in [5, 5.41) is 3.92. The Hall–Kier alpha value is -1.47. The number of azide groups is 1. The minimum Gasteiger partial charge on any atom is -0.0900 e. The van der Waals surface area contributed by atoms with E-state index >= 15 is 0 Å². The molecule has 2 atom stereocenters. The maximum atomic E-state index is 8.54. The van der Waals surface area contributed by atoms with E-state index in [1.54, 1.807) is 0 Å². The molecule has 0 amide bonds. The largest absolute Gasteiger partial charge is 0.0900 e. The average molecular weight is 201 g/mol. The number of hydrogen-bond acceptors (Lipinski definition) is 1. The average Bonchev–Trinajstić information content (AvgIpc) is 2.31. The minimum atomic E-state index is 0.158. The van der Waals surface area contributed by atoms with Gasteiger partial charge in [0.1, 0.15) is 0 Å². The second-order valence-electron chi connectivity index (χ2n) is 4.07. The van der Waals surface area contributed by atoms with Crippen LogP contribution in [0.4, 0.5) is 0 Å². The Morgan fingerprint density at radius 2 is 1.87 bits per heavy atom. The van der Waals surface area contributed by atoms with Crippen LogP contribution in [0.5, 0.6) is 0 Å². The third-order valence-corrected chi connectivity index (χ3v) is 3.16. The van der Waals surface area contributed by atoms with Gasteiger partial charge in [0, 0.05) is 11.0 Å². The van der Waals surface area contributed by atoms with Crippen molar-refractivity contribution in [3.63, 3.8) is 0 Å². The van der Waals surface area contributed by atoms with Crippen LogP contribution in [-0.2, 0) is 0 Å². The van der Waals surface area contributed by atoms with E-state index in [2.05, 4.69) is 34.3 Å². The molecule has 2 unspecified atom stereocenters. The summed E-state index contributed by atoms with van der Waals surface area (Å²) in [6.07, 6.45) is 4.61. The quantitative estimate of drug-likeness (QED) is 0.394. The fourth-order valence-electron chi connectivity index (χ4n) is 2.40. The lowest BCUT2D eigenvalue weighted by Gasteiger charge is -2.28. The van der Waals surface area contributed by atoms with E-state index in [9.17, 15) is 0 Å². The predicted octanol–water partition coefficient (Wildman–Crippen LogP) is 4.02. The third-order valence-electron chi connectivity index (χ3n) is 3.16. The molecule has 1 aliphatic rings. The van der Waals surface area contributed by atoms with Gasteiger partial charge in [0.15, 0.2) is 0 Å². The van der Waals surface area contributed by atoms with Crippen molar-refractivity contribution in [2.24, 2.45) is 5.11 Å². The first-order valence-electron chi connectivity index (χ1n) is 5.51. The second kappa shape index (κ2) is 4.85. The van der Waals surface area contributed by atoms with Crippen molar-refractivity contribution in [2.45, 2.75) is 37.6 Å². The van der Waals surface area contributed by atoms with Crippen LogP contribution in [0.2, 0.25) is 0 Å². The van der Waals surface area contributed by atoms with Crippen molar-refractivity contribution in [1.29, 1.82) is 0 Å². The third kappa shape index (κ3) is 2.31. The van der Waals surface area contributed by atoms with Crippen LogP contribution in [0, 0.1) is 0 Å². The number of nitrogens with zero attached hydrogens (tertiary/aromatic N) is 3. The topological polar surface area (TPSA) is 48.8 Å². The van der Waals surface area contributed by atoms with E-state index in [1.165, 1.54) is 18.4 Å². The molecule has 2 rings (SSSR count). The van der Waals surface area contributed by atoms with Crippen LogP contribution >= 0.6 is 0 Å². The normalized spacial score (nSPS) is 25.6. The Bertz CT molecular complexity index is 354. The molecule has 1 saturated carbocycles. The van der Waals surface area contributed by atoms with Gasteiger partial charge >= 0.3 is 0 Å². The molecule has 3 heteroatoms.